The van der Waals surface area contributed by atoms with E-state index in [2.05, 4.69) is 9.55 Å². The molecule has 0 saturated heterocycles. The molecular formula is C14H16N2O2S. The number of aryl methyl sites for hydroxylation is 2. The maximum atomic E-state index is 10.9. The van der Waals surface area contributed by atoms with Crippen LogP contribution in [0.2, 0.25) is 0 Å². The molecule has 3 rings (SSSR count). The van der Waals surface area contributed by atoms with Crippen LogP contribution in [0, 0.1) is 6.92 Å². The first-order valence-corrected chi connectivity index (χ1v) is 7.33. The molecule has 1 aliphatic rings. The third-order valence-corrected chi connectivity index (χ3v) is 4.67. The molecule has 2 heterocycles. The number of imidazole rings is 1. The van der Waals surface area contributed by atoms with Gasteiger partial charge in [-0.15, -0.1) is 11.3 Å². The molecule has 2 aromatic heterocycles. The molecule has 0 saturated carbocycles. The molecule has 0 bridgehead atoms. The molecule has 0 spiro atoms. The van der Waals surface area contributed by atoms with E-state index < -0.39 is 5.97 Å². The van der Waals surface area contributed by atoms with Crippen molar-refractivity contribution < 1.29 is 9.90 Å². The number of thiophene rings is 1. The van der Waals surface area contributed by atoms with Crippen LogP contribution >= 0.6 is 11.3 Å². The van der Waals surface area contributed by atoms with E-state index in [0.29, 0.717) is 4.88 Å². The predicted molar refractivity (Wildman–Crippen MR) is 74.0 cm³/mol. The van der Waals surface area contributed by atoms with E-state index in [9.17, 15) is 4.79 Å². The summed E-state index contributed by atoms with van der Waals surface area (Å²) in [5.41, 5.74) is 2.58. The minimum absolute atomic E-state index is 0.404. The summed E-state index contributed by atoms with van der Waals surface area (Å²) in [6.07, 6.45) is 4.62. The number of fused-ring (bicyclic) bond motifs is 1. The highest BCUT2D eigenvalue weighted by atomic mass is 32.1. The maximum absolute atomic E-state index is 10.9. The molecule has 19 heavy (non-hydrogen) atoms. The zero-order valence-corrected chi connectivity index (χ0v) is 11.7. The zero-order valence-electron chi connectivity index (χ0n) is 10.8. The first kappa shape index (κ1) is 12.4. The number of carboxylic acid groups (broad SMARTS) is 1. The largest absolute Gasteiger partial charge is 0.477 e. The molecule has 1 aliphatic carbocycles. The van der Waals surface area contributed by atoms with E-state index in [4.69, 9.17) is 5.11 Å². The van der Waals surface area contributed by atoms with Gasteiger partial charge in [0.2, 0.25) is 0 Å². The quantitative estimate of drug-likeness (QED) is 0.937. The Morgan fingerprint density at radius 1 is 1.42 bits per heavy atom. The van der Waals surface area contributed by atoms with Crippen molar-refractivity contribution in [3.05, 3.63) is 39.1 Å². The van der Waals surface area contributed by atoms with Crippen LogP contribution in [0.3, 0.4) is 0 Å². The summed E-state index contributed by atoms with van der Waals surface area (Å²) in [4.78, 5) is 17.0. The van der Waals surface area contributed by atoms with Gasteiger partial charge in [-0.1, -0.05) is 0 Å². The van der Waals surface area contributed by atoms with Gasteiger partial charge in [0.1, 0.15) is 10.7 Å². The Hall–Kier alpha value is -1.62. The van der Waals surface area contributed by atoms with Gasteiger partial charge in [-0.2, -0.15) is 0 Å². The number of hydrogen-bond acceptors (Lipinski definition) is 3. The van der Waals surface area contributed by atoms with E-state index in [0.717, 1.165) is 30.1 Å². The van der Waals surface area contributed by atoms with E-state index in [1.54, 1.807) is 6.07 Å². The number of rotatable bonds is 3. The highest BCUT2D eigenvalue weighted by molar-refractivity contribution is 7.13. The molecule has 4 nitrogen and oxygen atoms in total. The average Bonchev–Trinajstić information content (AvgIpc) is 2.96. The van der Waals surface area contributed by atoms with Crippen molar-refractivity contribution in [3.8, 4) is 0 Å². The molecule has 100 valence electrons. The molecule has 0 fully saturated rings. The second-order valence-corrected chi connectivity index (χ2v) is 6.09. The molecule has 0 atom stereocenters. The maximum Gasteiger partial charge on any atom is 0.345 e. The topological polar surface area (TPSA) is 55.1 Å². The van der Waals surface area contributed by atoms with Gasteiger partial charge in [-0.05, 0) is 44.7 Å². The van der Waals surface area contributed by atoms with Gasteiger partial charge in [0, 0.05) is 10.6 Å². The Morgan fingerprint density at radius 2 is 2.21 bits per heavy atom. The monoisotopic (exact) mass is 276 g/mol. The SMILES string of the molecule is Cc1nc2c(n1Cc1ccc(C(=O)O)s1)CCCC2. The second-order valence-electron chi connectivity index (χ2n) is 4.92. The molecule has 0 aromatic carbocycles. The minimum atomic E-state index is -0.847. The van der Waals surface area contributed by atoms with Crippen LogP contribution in [0.5, 0.6) is 0 Å². The highest BCUT2D eigenvalue weighted by Crippen LogP contribution is 2.25. The van der Waals surface area contributed by atoms with E-state index in [-0.39, 0.29) is 0 Å². The highest BCUT2D eigenvalue weighted by Gasteiger charge is 2.18. The first-order valence-electron chi connectivity index (χ1n) is 6.52. The normalized spacial score (nSPS) is 14.4. The number of hydrogen-bond donors (Lipinski definition) is 1. The summed E-state index contributed by atoms with van der Waals surface area (Å²) < 4.78 is 2.24. The smallest absolute Gasteiger partial charge is 0.345 e. The van der Waals surface area contributed by atoms with Crippen molar-refractivity contribution in [2.45, 2.75) is 39.2 Å². The van der Waals surface area contributed by atoms with Gasteiger partial charge < -0.3 is 9.67 Å². The van der Waals surface area contributed by atoms with Crippen LogP contribution in [0.15, 0.2) is 12.1 Å². The van der Waals surface area contributed by atoms with Gasteiger partial charge in [-0.3, -0.25) is 0 Å². The van der Waals surface area contributed by atoms with Crippen molar-refractivity contribution in [3.63, 3.8) is 0 Å². The third-order valence-electron chi connectivity index (χ3n) is 3.61. The molecule has 2 aromatic rings. The lowest BCUT2D eigenvalue weighted by Crippen LogP contribution is -2.09. The minimum Gasteiger partial charge on any atom is -0.477 e. The van der Waals surface area contributed by atoms with Crippen molar-refractivity contribution in [2.75, 3.05) is 0 Å². The first-order chi connectivity index (χ1) is 9.15. The second kappa shape index (κ2) is 4.81. The summed E-state index contributed by atoms with van der Waals surface area (Å²) in [5, 5.41) is 8.96. The van der Waals surface area contributed by atoms with E-state index in [1.807, 2.05) is 13.0 Å². The summed E-state index contributed by atoms with van der Waals surface area (Å²) >= 11 is 1.35. The van der Waals surface area contributed by atoms with Crippen molar-refractivity contribution >= 4 is 17.3 Å². The fourth-order valence-corrected chi connectivity index (χ4v) is 3.51. The van der Waals surface area contributed by atoms with Gasteiger partial charge in [0.05, 0.1) is 12.2 Å². The average molecular weight is 276 g/mol. The Balaban J connectivity index is 1.90. The molecule has 1 N–H and O–H groups in total. The number of aromatic nitrogens is 2. The molecular weight excluding hydrogens is 260 g/mol. The van der Waals surface area contributed by atoms with Crippen LogP contribution in [-0.2, 0) is 19.4 Å². The summed E-state index contributed by atoms with van der Waals surface area (Å²) in [7, 11) is 0. The van der Waals surface area contributed by atoms with Crippen LogP contribution in [0.25, 0.3) is 0 Å². The number of carboxylic acids is 1. The van der Waals surface area contributed by atoms with Crippen molar-refractivity contribution in [1.82, 2.24) is 9.55 Å². The predicted octanol–water partition coefficient (Wildman–Crippen LogP) is 2.88. The standard InChI is InChI=1S/C14H16N2O2S/c1-9-15-11-4-2-3-5-12(11)16(9)8-10-6-7-13(19-10)14(17)18/h6-7H,2-5,8H2,1H3,(H,17,18). The van der Waals surface area contributed by atoms with E-state index >= 15 is 0 Å². The lowest BCUT2D eigenvalue weighted by Gasteiger charge is -2.14. The fourth-order valence-electron chi connectivity index (χ4n) is 2.68. The Kier molecular flexibility index (Phi) is 3.14. The molecule has 0 aliphatic heterocycles. The van der Waals surface area contributed by atoms with Crippen LogP contribution in [-0.4, -0.2) is 20.6 Å². The van der Waals surface area contributed by atoms with Crippen molar-refractivity contribution in [1.29, 1.82) is 0 Å². The molecule has 5 heteroatoms. The van der Waals surface area contributed by atoms with Gasteiger partial charge in [0.15, 0.2) is 0 Å². The zero-order chi connectivity index (χ0) is 13.4. The molecule has 0 amide bonds. The number of aromatic carboxylic acids is 1. The summed E-state index contributed by atoms with van der Waals surface area (Å²) in [5.74, 6) is 0.192. The molecule has 0 unspecified atom stereocenters. The lowest BCUT2D eigenvalue weighted by atomic mass is 10.0. The number of nitrogens with zero attached hydrogens (tertiary/aromatic N) is 2. The van der Waals surface area contributed by atoms with Crippen LogP contribution in [0.1, 0.15) is 44.6 Å². The van der Waals surface area contributed by atoms with Crippen LogP contribution < -0.4 is 0 Å². The van der Waals surface area contributed by atoms with Crippen molar-refractivity contribution in [2.24, 2.45) is 0 Å². The Labute approximate surface area is 115 Å². The van der Waals surface area contributed by atoms with E-state index in [1.165, 1.54) is 35.6 Å². The Bertz CT molecular complexity index is 627. The summed E-state index contributed by atoms with van der Waals surface area (Å²) in [6, 6.07) is 3.59. The lowest BCUT2D eigenvalue weighted by molar-refractivity contribution is 0.0702. The fraction of sp³-hybridized carbons (Fsp3) is 0.429. The van der Waals surface area contributed by atoms with Gasteiger partial charge >= 0.3 is 5.97 Å². The van der Waals surface area contributed by atoms with Gasteiger partial charge in [0.25, 0.3) is 0 Å². The molecule has 0 radical (unpaired) electrons. The Morgan fingerprint density at radius 3 is 2.95 bits per heavy atom. The number of carbonyl (C=O) groups is 1. The van der Waals surface area contributed by atoms with Crippen LogP contribution in [0.4, 0.5) is 0 Å². The van der Waals surface area contributed by atoms with Gasteiger partial charge in [-0.25, -0.2) is 9.78 Å². The summed E-state index contributed by atoms with van der Waals surface area (Å²) in [6.45, 7) is 2.77. The third kappa shape index (κ3) is 2.30.